The van der Waals surface area contributed by atoms with Crippen molar-refractivity contribution >= 4 is 0 Å². The van der Waals surface area contributed by atoms with E-state index in [2.05, 4.69) is 13.8 Å². The highest BCUT2D eigenvalue weighted by molar-refractivity contribution is 4.61. The van der Waals surface area contributed by atoms with Crippen LogP contribution in [-0.2, 0) is 0 Å². The highest BCUT2D eigenvalue weighted by atomic mass is 19.3. The fraction of sp³-hybridized carbons (Fsp3) is 1.00. The Kier molecular flexibility index (Phi) is 5.43. The summed E-state index contributed by atoms with van der Waals surface area (Å²) in [6.07, 6.45) is 3.90. The standard InChI is InChI=1S/C10H20F2/c1-4-9(5-2)7-6-8-10(3,11)12/h9H,4-8H2,1-3H3. The normalized spacial score (nSPS) is 12.5. The van der Waals surface area contributed by atoms with Crippen molar-refractivity contribution in [1.29, 1.82) is 0 Å². The molecule has 0 spiro atoms. The molecule has 0 fully saturated rings. The van der Waals surface area contributed by atoms with Gasteiger partial charge in [0.15, 0.2) is 0 Å². The van der Waals surface area contributed by atoms with Gasteiger partial charge in [-0.25, -0.2) is 8.78 Å². The first-order valence-corrected chi connectivity index (χ1v) is 4.87. The third kappa shape index (κ3) is 6.56. The van der Waals surface area contributed by atoms with Gasteiger partial charge in [-0.1, -0.05) is 33.1 Å². The molecular formula is C10H20F2. The Morgan fingerprint density at radius 3 is 2.00 bits per heavy atom. The fourth-order valence-corrected chi connectivity index (χ4v) is 1.40. The Bertz CT molecular complexity index is 101. The van der Waals surface area contributed by atoms with Crippen LogP contribution in [0.1, 0.15) is 52.9 Å². The van der Waals surface area contributed by atoms with E-state index in [1.54, 1.807) is 0 Å². The Hall–Kier alpha value is -0.140. The fourth-order valence-electron chi connectivity index (χ4n) is 1.40. The van der Waals surface area contributed by atoms with Crippen molar-refractivity contribution in [2.45, 2.75) is 58.8 Å². The van der Waals surface area contributed by atoms with Crippen LogP contribution in [0, 0.1) is 5.92 Å². The third-order valence-corrected chi connectivity index (χ3v) is 2.38. The first kappa shape index (κ1) is 11.9. The summed E-state index contributed by atoms with van der Waals surface area (Å²) in [6.45, 7) is 5.25. The molecular weight excluding hydrogens is 158 g/mol. The summed E-state index contributed by atoms with van der Waals surface area (Å²) in [4.78, 5) is 0. The number of halogens is 2. The Labute approximate surface area is 74.4 Å². The lowest BCUT2D eigenvalue weighted by Gasteiger charge is -2.14. The summed E-state index contributed by atoms with van der Waals surface area (Å²) in [5.74, 6) is -1.82. The second-order valence-electron chi connectivity index (χ2n) is 3.64. The van der Waals surface area contributed by atoms with Gasteiger partial charge in [0.25, 0.3) is 0 Å². The Balaban J connectivity index is 3.41. The van der Waals surface area contributed by atoms with Crippen molar-refractivity contribution in [2.75, 3.05) is 0 Å². The van der Waals surface area contributed by atoms with Gasteiger partial charge < -0.3 is 0 Å². The van der Waals surface area contributed by atoms with Crippen molar-refractivity contribution in [3.05, 3.63) is 0 Å². The first-order valence-electron chi connectivity index (χ1n) is 4.87. The van der Waals surface area contributed by atoms with Crippen molar-refractivity contribution < 1.29 is 8.78 Å². The second kappa shape index (κ2) is 5.50. The van der Waals surface area contributed by atoms with Gasteiger partial charge in [0.1, 0.15) is 0 Å². The van der Waals surface area contributed by atoms with Gasteiger partial charge in [0.05, 0.1) is 0 Å². The highest BCUT2D eigenvalue weighted by Crippen LogP contribution is 2.23. The summed E-state index contributed by atoms with van der Waals surface area (Å²) < 4.78 is 24.8. The first-order chi connectivity index (χ1) is 5.49. The van der Waals surface area contributed by atoms with E-state index < -0.39 is 5.92 Å². The van der Waals surface area contributed by atoms with Crippen molar-refractivity contribution in [3.8, 4) is 0 Å². The largest absolute Gasteiger partial charge is 0.245 e. The SMILES string of the molecule is CCC(CC)CCCC(C)(F)F. The maximum atomic E-state index is 12.4. The molecule has 0 N–H and O–H groups in total. The molecule has 0 rings (SSSR count). The highest BCUT2D eigenvalue weighted by Gasteiger charge is 2.20. The van der Waals surface area contributed by atoms with Crippen molar-refractivity contribution in [3.63, 3.8) is 0 Å². The molecule has 2 heteroatoms. The molecule has 0 saturated carbocycles. The molecule has 0 aliphatic rings. The monoisotopic (exact) mass is 178 g/mol. The van der Waals surface area contributed by atoms with Crippen LogP contribution in [0.3, 0.4) is 0 Å². The number of hydrogen-bond acceptors (Lipinski definition) is 0. The average Bonchev–Trinajstić information content (AvgIpc) is 1.96. The maximum Gasteiger partial charge on any atom is 0.245 e. The topological polar surface area (TPSA) is 0 Å². The molecule has 74 valence electrons. The lowest BCUT2D eigenvalue weighted by molar-refractivity contribution is 0.00933. The van der Waals surface area contributed by atoms with Gasteiger partial charge in [-0.15, -0.1) is 0 Å². The molecule has 0 nitrogen and oxygen atoms in total. The van der Waals surface area contributed by atoms with E-state index in [0.717, 1.165) is 26.2 Å². The van der Waals surface area contributed by atoms with Crippen LogP contribution in [-0.4, -0.2) is 5.92 Å². The number of rotatable bonds is 6. The quantitative estimate of drug-likeness (QED) is 0.570. The molecule has 0 aromatic rings. The second-order valence-corrected chi connectivity index (χ2v) is 3.64. The van der Waals surface area contributed by atoms with Gasteiger partial charge in [-0.2, -0.15) is 0 Å². The predicted molar refractivity (Wildman–Crippen MR) is 48.5 cm³/mol. The van der Waals surface area contributed by atoms with E-state index in [9.17, 15) is 8.78 Å². The lowest BCUT2D eigenvalue weighted by atomic mass is 9.96. The molecule has 0 atom stereocenters. The van der Waals surface area contributed by atoms with Gasteiger partial charge >= 0.3 is 0 Å². The molecule has 0 aliphatic heterocycles. The summed E-state index contributed by atoms with van der Waals surface area (Å²) in [5, 5.41) is 0. The Morgan fingerprint density at radius 1 is 1.17 bits per heavy atom. The van der Waals surface area contributed by atoms with Gasteiger partial charge in [-0.05, 0) is 19.3 Å². The predicted octanol–water partition coefficient (Wildman–Crippen LogP) is 4.25. The van der Waals surface area contributed by atoms with E-state index in [-0.39, 0.29) is 6.42 Å². The van der Waals surface area contributed by atoms with Gasteiger partial charge in [0, 0.05) is 6.42 Å². The summed E-state index contributed by atoms with van der Waals surface area (Å²) in [7, 11) is 0. The molecule has 0 bridgehead atoms. The van der Waals surface area contributed by atoms with Gasteiger partial charge in [0.2, 0.25) is 5.92 Å². The van der Waals surface area contributed by atoms with Crippen LogP contribution in [0.2, 0.25) is 0 Å². The van der Waals surface area contributed by atoms with Crippen LogP contribution in [0.15, 0.2) is 0 Å². The molecule has 0 unspecified atom stereocenters. The van der Waals surface area contributed by atoms with Crippen LogP contribution < -0.4 is 0 Å². The Morgan fingerprint density at radius 2 is 1.67 bits per heavy atom. The molecule has 0 radical (unpaired) electrons. The number of alkyl halides is 2. The average molecular weight is 178 g/mol. The molecule has 0 aliphatic carbocycles. The molecule has 12 heavy (non-hydrogen) atoms. The van der Waals surface area contributed by atoms with Crippen LogP contribution in [0.25, 0.3) is 0 Å². The summed E-state index contributed by atoms with van der Waals surface area (Å²) in [5.41, 5.74) is 0. The summed E-state index contributed by atoms with van der Waals surface area (Å²) in [6, 6.07) is 0. The molecule has 0 saturated heterocycles. The third-order valence-electron chi connectivity index (χ3n) is 2.38. The minimum atomic E-state index is -2.47. The minimum Gasteiger partial charge on any atom is -0.207 e. The molecule has 0 aromatic carbocycles. The molecule has 0 heterocycles. The number of hydrogen-bond donors (Lipinski definition) is 0. The molecule has 0 aromatic heterocycles. The zero-order valence-corrected chi connectivity index (χ0v) is 8.37. The minimum absolute atomic E-state index is 0.0451. The van der Waals surface area contributed by atoms with E-state index in [1.807, 2.05) is 0 Å². The molecule has 0 amide bonds. The van der Waals surface area contributed by atoms with E-state index in [1.165, 1.54) is 0 Å². The zero-order chi connectivity index (χ0) is 9.61. The zero-order valence-electron chi connectivity index (χ0n) is 8.37. The van der Waals surface area contributed by atoms with E-state index in [4.69, 9.17) is 0 Å². The van der Waals surface area contributed by atoms with Crippen molar-refractivity contribution in [2.24, 2.45) is 5.92 Å². The van der Waals surface area contributed by atoms with Gasteiger partial charge in [-0.3, -0.25) is 0 Å². The van der Waals surface area contributed by atoms with E-state index in [0.29, 0.717) is 12.3 Å². The van der Waals surface area contributed by atoms with Crippen LogP contribution in [0.4, 0.5) is 8.78 Å². The lowest BCUT2D eigenvalue weighted by Crippen LogP contribution is -2.10. The van der Waals surface area contributed by atoms with E-state index >= 15 is 0 Å². The maximum absolute atomic E-state index is 12.4. The van der Waals surface area contributed by atoms with Crippen LogP contribution in [0.5, 0.6) is 0 Å². The smallest absolute Gasteiger partial charge is 0.207 e. The van der Waals surface area contributed by atoms with Crippen LogP contribution >= 0.6 is 0 Å². The van der Waals surface area contributed by atoms with Crippen molar-refractivity contribution in [1.82, 2.24) is 0 Å². The summed E-state index contributed by atoms with van der Waals surface area (Å²) >= 11 is 0.